The lowest BCUT2D eigenvalue weighted by Gasteiger charge is -2.18. The van der Waals surface area contributed by atoms with Gasteiger partial charge in [0.25, 0.3) is 0 Å². The zero-order valence-electron chi connectivity index (χ0n) is 9.73. The molecule has 15 heavy (non-hydrogen) atoms. The van der Waals surface area contributed by atoms with Gasteiger partial charge in [-0.2, -0.15) is 0 Å². The van der Waals surface area contributed by atoms with Gasteiger partial charge in [0, 0.05) is 21.1 Å². The van der Waals surface area contributed by atoms with Crippen LogP contribution >= 0.6 is 7.60 Å². The van der Waals surface area contributed by atoms with E-state index in [9.17, 15) is 9.36 Å². The Morgan fingerprint density at radius 3 is 2.07 bits per heavy atom. The minimum Gasteiger partial charge on any atom is -0.320 e. The molecule has 0 unspecified atom stereocenters. The van der Waals surface area contributed by atoms with E-state index in [-0.39, 0.29) is 17.3 Å². The van der Waals surface area contributed by atoms with Gasteiger partial charge in [0.15, 0.2) is 0 Å². The van der Waals surface area contributed by atoms with Gasteiger partial charge < -0.3 is 14.4 Å². The second-order valence-corrected chi connectivity index (χ2v) is 5.55. The van der Waals surface area contributed by atoms with E-state index in [1.165, 1.54) is 21.1 Å². The summed E-state index contributed by atoms with van der Waals surface area (Å²) in [6, 6.07) is 0. The van der Waals surface area contributed by atoms with Gasteiger partial charge in [-0.25, -0.2) is 0 Å². The third-order valence-corrected chi connectivity index (χ3v) is 3.38. The molecule has 0 saturated heterocycles. The first-order valence-electron chi connectivity index (χ1n) is 4.57. The summed E-state index contributed by atoms with van der Waals surface area (Å²) in [5.41, 5.74) is 0.190. The van der Waals surface area contributed by atoms with E-state index in [0.29, 0.717) is 0 Å². The maximum Gasteiger partial charge on any atom is 0.376 e. The highest BCUT2D eigenvalue weighted by Gasteiger charge is 2.28. The summed E-state index contributed by atoms with van der Waals surface area (Å²) in [5.74, 6) is -0.179. The predicted octanol–water partition coefficient (Wildman–Crippen LogP) is 2.11. The summed E-state index contributed by atoms with van der Waals surface area (Å²) in [6.07, 6.45) is 1.65. The molecule has 0 rings (SSSR count). The summed E-state index contributed by atoms with van der Waals surface area (Å²) in [5, 5.41) is 2.46. The van der Waals surface area contributed by atoms with Gasteiger partial charge in [0.05, 0.1) is 0 Å². The second kappa shape index (κ2) is 6.05. The monoisotopic (exact) mass is 235 g/mol. The van der Waals surface area contributed by atoms with Crippen LogP contribution in [0, 0.1) is 5.92 Å². The van der Waals surface area contributed by atoms with Crippen molar-refractivity contribution in [2.75, 3.05) is 14.2 Å². The molecule has 0 aromatic carbocycles. The molecule has 0 aliphatic heterocycles. The molecular weight excluding hydrogens is 217 g/mol. The number of amides is 1. The van der Waals surface area contributed by atoms with Gasteiger partial charge in [-0.3, -0.25) is 9.36 Å². The molecule has 6 heteroatoms. The van der Waals surface area contributed by atoms with E-state index in [1.54, 1.807) is 6.08 Å². The van der Waals surface area contributed by atoms with E-state index >= 15 is 0 Å². The van der Waals surface area contributed by atoms with Crippen molar-refractivity contribution in [1.29, 1.82) is 0 Å². The highest BCUT2D eigenvalue weighted by Crippen LogP contribution is 2.53. The Bertz CT molecular complexity index is 290. The summed E-state index contributed by atoms with van der Waals surface area (Å²) in [6.45, 7) is 5.14. The zero-order valence-corrected chi connectivity index (χ0v) is 10.6. The average molecular weight is 235 g/mol. The van der Waals surface area contributed by atoms with Crippen LogP contribution in [0.25, 0.3) is 0 Å². The van der Waals surface area contributed by atoms with Crippen molar-refractivity contribution in [3.63, 3.8) is 0 Å². The Hall–Kier alpha value is -0.640. The number of carbonyl (C=O) groups is 1. The summed E-state index contributed by atoms with van der Waals surface area (Å²) in [7, 11) is -0.814. The lowest BCUT2D eigenvalue weighted by atomic mass is 10.2. The lowest BCUT2D eigenvalue weighted by molar-refractivity contribution is -0.118. The number of nitrogens with one attached hydrogen (secondary N) is 1. The first-order valence-corrected chi connectivity index (χ1v) is 6.11. The van der Waals surface area contributed by atoms with Crippen molar-refractivity contribution in [3.8, 4) is 0 Å². The molecule has 0 aromatic heterocycles. The Kier molecular flexibility index (Phi) is 5.80. The largest absolute Gasteiger partial charge is 0.376 e. The van der Waals surface area contributed by atoms with Gasteiger partial charge in [-0.05, 0) is 12.0 Å². The van der Waals surface area contributed by atoms with Crippen molar-refractivity contribution >= 4 is 13.5 Å². The molecule has 0 radical (unpaired) electrons. The van der Waals surface area contributed by atoms with Crippen molar-refractivity contribution in [3.05, 3.63) is 11.5 Å². The minimum atomic E-state index is -3.37. The summed E-state index contributed by atoms with van der Waals surface area (Å²) >= 11 is 0. The molecule has 0 fully saturated rings. The molecule has 88 valence electrons. The van der Waals surface area contributed by atoms with Crippen LogP contribution in [0.3, 0.4) is 0 Å². The van der Waals surface area contributed by atoms with Crippen molar-refractivity contribution in [2.24, 2.45) is 5.92 Å². The van der Waals surface area contributed by atoms with Crippen LogP contribution in [0.15, 0.2) is 11.5 Å². The molecule has 0 spiro atoms. The van der Waals surface area contributed by atoms with Crippen molar-refractivity contribution in [1.82, 2.24) is 5.32 Å². The van der Waals surface area contributed by atoms with E-state index in [1.807, 2.05) is 13.8 Å². The van der Waals surface area contributed by atoms with Crippen LogP contribution in [0.1, 0.15) is 20.8 Å². The third-order valence-electron chi connectivity index (χ3n) is 1.57. The molecule has 0 aliphatic carbocycles. The van der Waals surface area contributed by atoms with Crippen LogP contribution in [0.5, 0.6) is 0 Å². The smallest absolute Gasteiger partial charge is 0.320 e. The average Bonchev–Trinajstić information content (AvgIpc) is 2.14. The van der Waals surface area contributed by atoms with Crippen LogP contribution in [-0.4, -0.2) is 20.1 Å². The maximum atomic E-state index is 12.0. The fourth-order valence-corrected chi connectivity index (χ4v) is 2.29. The highest BCUT2D eigenvalue weighted by atomic mass is 31.2. The summed E-state index contributed by atoms with van der Waals surface area (Å²) < 4.78 is 21.6. The molecule has 0 bridgehead atoms. The predicted molar refractivity (Wildman–Crippen MR) is 58.4 cm³/mol. The van der Waals surface area contributed by atoms with Crippen LogP contribution < -0.4 is 5.32 Å². The Labute approximate surface area is 90.4 Å². The molecule has 1 N–H and O–H groups in total. The van der Waals surface area contributed by atoms with E-state index in [0.717, 1.165) is 0 Å². The van der Waals surface area contributed by atoms with Gasteiger partial charge in [-0.1, -0.05) is 13.8 Å². The van der Waals surface area contributed by atoms with Crippen molar-refractivity contribution in [2.45, 2.75) is 20.8 Å². The van der Waals surface area contributed by atoms with E-state index < -0.39 is 7.60 Å². The topological polar surface area (TPSA) is 64.6 Å². The quantitative estimate of drug-likeness (QED) is 0.741. The third kappa shape index (κ3) is 4.60. The molecule has 0 saturated carbocycles. The zero-order chi connectivity index (χ0) is 12.1. The number of carbonyl (C=O) groups excluding carboxylic acids is 1. The Balaban J connectivity index is 5.09. The Morgan fingerprint density at radius 1 is 1.33 bits per heavy atom. The number of allylic oxidation sites excluding steroid dienone is 1. The van der Waals surface area contributed by atoms with Gasteiger partial charge in [0.2, 0.25) is 5.91 Å². The first kappa shape index (κ1) is 14.4. The van der Waals surface area contributed by atoms with Gasteiger partial charge in [0.1, 0.15) is 5.44 Å². The molecule has 0 aromatic rings. The lowest BCUT2D eigenvalue weighted by Crippen LogP contribution is -2.20. The van der Waals surface area contributed by atoms with E-state index in [2.05, 4.69) is 5.32 Å². The molecular formula is C9H18NO4P. The van der Waals surface area contributed by atoms with Gasteiger partial charge in [-0.15, -0.1) is 0 Å². The number of hydrogen-bond donors (Lipinski definition) is 1. The molecule has 0 atom stereocenters. The highest BCUT2D eigenvalue weighted by molar-refractivity contribution is 7.58. The minimum absolute atomic E-state index is 0.130. The molecule has 5 nitrogen and oxygen atoms in total. The van der Waals surface area contributed by atoms with Crippen molar-refractivity contribution < 1.29 is 18.4 Å². The second-order valence-electron chi connectivity index (χ2n) is 3.34. The number of rotatable bonds is 5. The molecule has 1 amide bonds. The standard InChI is InChI=1S/C9H18NO4P/c1-7(2)6-9(10-8(3)11)15(12,13-4)14-5/h6-7H,1-5H3,(H,10,11)/b9-6+. The molecule has 0 heterocycles. The fourth-order valence-electron chi connectivity index (χ4n) is 0.969. The van der Waals surface area contributed by atoms with Crippen LogP contribution in [0.4, 0.5) is 0 Å². The normalized spacial score (nSPS) is 13.1. The van der Waals surface area contributed by atoms with E-state index in [4.69, 9.17) is 9.05 Å². The van der Waals surface area contributed by atoms with Gasteiger partial charge >= 0.3 is 7.60 Å². The Morgan fingerprint density at radius 2 is 1.80 bits per heavy atom. The first-order chi connectivity index (χ1) is 6.85. The molecule has 0 aliphatic rings. The maximum absolute atomic E-state index is 12.0. The number of hydrogen-bond acceptors (Lipinski definition) is 4. The SMILES string of the molecule is COP(=O)(OC)/C(=C/C(C)C)NC(C)=O. The van der Waals surface area contributed by atoms with Crippen LogP contribution in [-0.2, 0) is 18.4 Å². The fraction of sp³-hybridized carbons (Fsp3) is 0.667. The summed E-state index contributed by atoms with van der Waals surface area (Å²) in [4.78, 5) is 10.9. The van der Waals surface area contributed by atoms with Crippen LogP contribution in [0.2, 0.25) is 0 Å².